The summed E-state index contributed by atoms with van der Waals surface area (Å²) in [6.45, 7) is 0.803. The Kier molecular flexibility index (Phi) is 5.38. The number of nitriles is 1. The van der Waals surface area contributed by atoms with Gasteiger partial charge in [0, 0.05) is 28.1 Å². The van der Waals surface area contributed by atoms with Crippen molar-refractivity contribution in [2.24, 2.45) is 5.92 Å². The number of piperidine rings is 1. The van der Waals surface area contributed by atoms with E-state index < -0.39 is 0 Å². The fraction of sp³-hybridized carbons (Fsp3) is 0.261. The van der Waals surface area contributed by atoms with Crippen LogP contribution < -0.4 is 5.32 Å². The standard InChI is InChI=1S/C23H19FN4OS2/c24-15-5-7-16(8-6-15)30-20-4-2-1-3-17(20)21-11-26-23(31-21)22(29)27-18-9-14-10-19(18)28(12-14)13-25/h1-8,11,14,18-19H,9-10,12H2,(H,27,29). The Bertz CT molecular complexity index is 1160. The van der Waals surface area contributed by atoms with Crippen molar-refractivity contribution in [2.75, 3.05) is 6.54 Å². The molecule has 156 valence electrons. The Balaban J connectivity index is 1.32. The van der Waals surface area contributed by atoms with E-state index in [0.717, 1.165) is 39.6 Å². The van der Waals surface area contributed by atoms with Crippen LogP contribution in [0.5, 0.6) is 0 Å². The van der Waals surface area contributed by atoms with Crippen LogP contribution in [0.25, 0.3) is 10.4 Å². The van der Waals surface area contributed by atoms with Gasteiger partial charge >= 0.3 is 0 Å². The number of hydrogen-bond donors (Lipinski definition) is 1. The highest BCUT2D eigenvalue weighted by atomic mass is 32.2. The maximum atomic E-state index is 13.2. The zero-order chi connectivity index (χ0) is 21.4. The summed E-state index contributed by atoms with van der Waals surface area (Å²) in [7, 11) is 0. The van der Waals surface area contributed by atoms with E-state index in [1.807, 2.05) is 24.3 Å². The highest BCUT2D eigenvalue weighted by molar-refractivity contribution is 7.99. The average Bonchev–Trinajstić information content (AvgIpc) is 3.51. The van der Waals surface area contributed by atoms with Crippen LogP contribution in [0.1, 0.15) is 22.6 Å². The second-order valence-electron chi connectivity index (χ2n) is 7.82. The molecule has 1 aliphatic heterocycles. The van der Waals surface area contributed by atoms with E-state index in [0.29, 0.717) is 10.9 Å². The molecule has 1 aliphatic carbocycles. The third-order valence-corrected chi connectivity index (χ3v) is 7.93. The van der Waals surface area contributed by atoms with Crippen molar-refractivity contribution in [3.8, 4) is 16.6 Å². The summed E-state index contributed by atoms with van der Waals surface area (Å²) < 4.78 is 13.2. The van der Waals surface area contributed by atoms with E-state index in [4.69, 9.17) is 0 Å². The number of aromatic nitrogens is 1. The third-order valence-electron chi connectivity index (χ3n) is 5.82. The van der Waals surface area contributed by atoms with E-state index in [1.165, 1.54) is 23.5 Å². The van der Waals surface area contributed by atoms with Crippen molar-refractivity contribution in [1.82, 2.24) is 15.2 Å². The molecule has 3 aromatic rings. The van der Waals surface area contributed by atoms with Crippen LogP contribution >= 0.6 is 23.1 Å². The first-order valence-corrected chi connectivity index (χ1v) is 11.7. The quantitative estimate of drug-likeness (QED) is 0.567. The van der Waals surface area contributed by atoms with Crippen LogP contribution in [-0.2, 0) is 0 Å². The number of fused-ring (bicyclic) bond motifs is 2. The van der Waals surface area contributed by atoms with Gasteiger partial charge in [-0.2, -0.15) is 5.26 Å². The molecule has 0 spiro atoms. The number of nitrogens with zero attached hydrogens (tertiary/aromatic N) is 3. The predicted molar refractivity (Wildman–Crippen MR) is 118 cm³/mol. The van der Waals surface area contributed by atoms with Gasteiger partial charge < -0.3 is 10.2 Å². The highest BCUT2D eigenvalue weighted by Crippen LogP contribution is 2.39. The summed E-state index contributed by atoms with van der Waals surface area (Å²) >= 11 is 2.90. The van der Waals surface area contributed by atoms with Gasteiger partial charge in [-0.15, -0.1) is 11.3 Å². The van der Waals surface area contributed by atoms with Gasteiger partial charge in [0.15, 0.2) is 11.2 Å². The van der Waals surface area contributed by atoms with E-state index >= 15 is 0 Å². The SMILES string of the molecule is N#CN1CC2CC(NC(=O)c3ncc(-c4ccccc4Sc4ccc(F)cc4)s3)C1C2. The van der Waals surface area contributed by atoms with Crippen molar-refractivity contribution >= 4 is 29.0 Å². The minimum atomic E-state index is -0.260. The lowest BCUT2D eigenvalue weighted by Crippen LogP contribution is -2.48. The van der Waals surface area contributed by atoms with Gasteiger partial charge in [0.2, 0.25) is 0 Å². The van der Waals surface area contributed by atoms with Crippen LogP contribution in [0.15, 0.2) is 64.5 Å². The molecular formula is C23H19FN4OS2. The summed E-state index contributed by atoms with van der Waals surface area (Å²) in [6, 6.07) is 14.4. The monoisotopic (exact) mass is 450 g/mol. The number of carbonyl (C=O) groups excluding carboxylic acids is 1. The van der Waals surface area contributed by atoms with Gasteiger partial charge in [-0.1, -0.05) is 30.0 Å². The van der Waals surface area contributed by atoms with Crippen LogP contribution in [0, 0.1) is 23.2 Å². The van der Waals surface area contributed by atoms with E-state index in [9.17, 15) is 14.4 Å². The number of amides is 1. The number of benzene rings is 2. The normalized spacial score (nSPS) is 21.8. The molecule has 2 aromatic carbocycles. The van der Waals surface area contributed by atoms with Gasteiger partial charge in [0.25, 0.3) is 5.91 Å². The molecule has 3 atom stereocenters. The van der Waals surface area contributed by atoms with Gasteiger partial charge in [0.05, 0.1) is 17.0 Å². The lowest BCUT2D eigenvalue weighted by molar-refractivity contribution is 0.0912. The largest absolute Gasteiger partial charge is 0.345 e. The van der Waals surface area contributed by atoms with Gasteiger partial charge in [-0.25, -0.2) is 9.37 Å². The molecular weight excluding hydrogens is 431 g/mol. The molecule has 3 unspecified atom stereocenters. The summed E-state index contributed by atoms with van der Waals surface area (Å²) in [5.74, 6) is 0.0386. The maximum Gasteiger partial charge on any atom is 0.280 e. The number of halogens is 1. The number of rotatable bonds is 5. The number of thiazole rings is 1. The number of nitrogens with one attached hydrogen (secondary N) is 1. The van der Waals surface area contributed by atoms with Crippen molar-refractivity contribution in [3.05, 3.63) is 65.6 Å². The molecule has 5 nitrogen and oxygen atoms in total. The Morgan fingerprint density at radius 3 is 2.81 bits per heavy atom. The molecule has 0 radical (unpaired) electrons. The summed E-state index contributed by atoms with van der Waals surface area (Å²) in [4.78, 5) is 21.8. The predicted octanol–water partition coefficient (Wildman–Crippen LogP) is 4.77. The molecule has 1 aromatic heterocycles. The van der Waals surface area contributed by atoms with Crippen molar-refractivity contribution in [3.63, 3.8) is 0 Å². The zero-order valence-electron chi connectivity index (χ0n) is 16.5. The number of likely N-dealkylation sites (tertiary alicyclic amines) is 1. The third kappa shape index (κ3) is 4.03. The first-order valence-electron chi connectivity index (χ1n) is 10.1. The molecule has 31 heavy (non-hydrogen) atoms. The van der Waals surface area contributed by atoms with E-state index in [-0.39, 0.29) is 23.8 Å². The fourth-order valence-corrected chi connectivity index (χ4v) is 6.30. The minimum absolute atomic E-state index is 0.000400. The lowest BCUT2D eigenvalue weighted by atomic mass is 10.1. The Hall–Kier alpha value is -2.89. The molecule has 1 saturated heterocycles. The Morgan fingerprint density at radius 2 is 2.03 bits per heavy atom. The van der Waals surface area contributed by atoms with Crippen molar-refractivity contribution in [1.29, 1.82) is 5.26 Å². The van der Waals surface area contributed by atoms with Gasteiger partial charge in [-0.05, 0) is 49.1 Å². The molecule has 8 heteroatoms. The highest BCUT2D eigenvalue weighted by Gasteiger charge is 2.45. The van der Waals surface area contributed by atoms with Gasteiger partial charge in [0.1, 0.15) is 5.82 Å². The summed E-state index contributed by atoms with van der Waals surface area (Å²) in [5.41, 5.74) is 0.990. The molecule has 2 fully saturated rings. The minimum Gasteiger partial charge on any atom is -0.345 e. The van der Waals surface area contributed by atoms with Crippen LogP contribution in [0.3, 0.4) is 0 Å². The second-order valence-corrected chi connectivity index (χ2v) is 9.96. The average molecular weight is 451 g/mol. The van der Waals surface area contributed by atoms with E-state index in [2.05, 4.69) is 16.5 Å². The first-order chi connectivity index (χ1) is 15.1. The molecule has 2 aliphatic rings. The van der Waals surface area contributed by atoms with Crippen LogP contribution in [0.4, 0.5) is 4.39 Å². The topological polar surface area (TPSA) is 69.0 Å². The molecule has 5 rings (SSSR count). The maximum absolute atomic E-state index is 13.2. The molecule has 1 saturated carbocycles. The fourth-order valence-electron chi connectivity index (χ4n) is 4.42. The van der Waals surface area contributed by atoms with Gasteiger partial charge in [-0.3, -0.25) is 4.79 Å². The summed E-state index contributed by atoms with van der Waals surface area (Å²) in [6.07, 6.45) is 5.86. The lowest BCUT2D eigenvalue weighted by Gasteiger charge is -2.29. The Morgan fingerprint density at radius 1 is 1.23 bits per heavy atom. The molecule has 1 amide bonds. The van der Waals surface area contributed by atoms with Crippen molar-refractivity contribution in [2.45, 2.75) is 34.7 Å². The van der Waals surface area contributed by atoms with Crippen molar-refractivity contribution < 1.29 is 9.18 Å². The number of hydrogen-bond acceptors (Lipinski definition) is 6. The van der Waals surface area contributed by atoms with Crippen LogP contribution in [-0.4, -0.2) is 34.4 Å². The molecule has 1 N–H and O–H groups in total. The first kappa shape index (κ1) is 20.0. The van der Waals surface area contributed by atoms with E-state index in [1.54, 1.807) is 35.0 Å². The second kappa shape index (κ2) is 8.33. The molecule has 2 heterocycles. The Labute approximate surface area is 187 Å². The summed E-state index contributed by atoms with van der Waals surface area (Å²) in [5, 5.41) is 12.8. The van der Waals surface area contributed by atoms with Crippen LogP contribution in [0.2, 0.25) is 0 Å². The molecule has 2 bridgehead atoms. The zero-order valence-corrected chi connectivity index (χ0v) is 18.1. The number of carbonyl (C=O) groups is 1. The smallest absolute Gasteiger partial charge is 0.280 e.